The van der Waals surface area contributed by atoms with Crippen molar-refractivity contribution in [1.82, 2.24) is 4.57 Å². The summed E-state index contributed by atoms with van der Waals surface area (Å²) in [5, 5.41) is 0. The molecule has 0 saturated heterocycles. The molecule has 0 aliphatic rings. The van der Waals surface area contributed by atoms with Crippen LogP contribution in [0.25, 0.3) is 5.69 Å². The van der Waals surface area contributed by atoms with Crippen molar-refractivity contribution in [1.29, 1.82) is 0 Å². The third kappa shape index (κ3) is 3.34. The van der Waals surface area contributed by atoms with Crippen molar-refractivity contribution in [2.75, 3.05) is 6.61 Å². The number of halogens is 3. The predicted octanol–water partition coefficient (Wildman–Crippen LogP) is 3.65. The van der Waals surface area contributed by atoms with Gasteiger partial charge in [0.2, 0.25) is 0 Å². The topological polar surface area (TPSA) is 48.3 Å². The molecule has 0 aliphatic carbocycles. The standard InChI is InChI=1S/C17H16F3NO3/c1-4-24-16(23)15-10(2)8-14(22)21(11(15)3)13-7-5-6-12(9-13)17(18,19)20/h5-9H,4H2,1-3H3. The molecule has 0 radical (unpaired) electrons. The van der Waals surface area contributed by atoms with Crippen molar-refractivity contribution < 1.29 is 22.7 Å². The SMILES string of the molecule is CCOC(=O)c1c(C)cc(=O)n(-c2cccc(C(F)(F)F)c2)c1C. The van der Waals surface area contributed by atoms with Gasteiger partial charge in [-0.1, -0.05) is 6.07 Å². The van der Waals surface area contributed by atoms with Gasteiger partial charge in [-0.05, 0) is 44.5 Å². The number of ether oxygens (including phenoxy) is 1. The Labute approximate surface area is 136 Å². The summed E-state index contributed by atoms with van der Waals surface area (Å²) in [6.45, 7) is 4.88. The fourth-order valence-electron chi connectivity index (χ4n) is 2.54. The third-order valence-electron chi connectivity index (χ3n) is 3.56. The number of esters is 1. The highest BCUT2D eigenvalue weighted by Crippen LogP contribution is 2.30. The van der Waals surface area contributed by atoms with E-state index in [1.165, 1.54) is 25.1 Å². The van der Waals surface area contributed by atoms with E-state index in [-0.39, 0.29) is 23.6 Å². The number of carbonyl (C=O) groups is 1. The minimum Gasteiger partial charge on any atom is -0.462 e. The highest BCUT2D eigenvalue weighted by atomic mass is 19.4. The molecule has 0 N–H and O–H groups in total. The van der Waals surface area contributed by atoms with E-state index in [9.17, 15) is 22.8 Å². The second-order valence-electron chi connectivity index (χ2n) is 5.23. The number of carbonyl (C=O) groups excluding carboxylic acids is 1. The highest BCUT2D eigenvalue weighted by molar-refractivity contribution is 5.92. The third-order valence-corrected chi connectivity index (χ3v) is 3.56. The quantitative estimate of drug-likeness (QED) is 0.802. The van der Waals surface area contributed by atoms with Crippen LogP contribution in [0, 0.1) is 13.8 Å². The Kier molecular flexibility index (Phi) is 4.82. The molecular formula is C17H16F3NO3. The van der Waals surface area contributed by atoms with Crippen molar-refractivity contribution in [3.05, 3.63) is 63.1 Å². The fraction of sp³-hybridized carbons (Fsp3) is 0.294. The first kappa shape index (κ1) is 17.8. The summed E-state index contributed by atoms with van der Waals surface area (Å²) in [6.07, 6.45) is -4.53. The number of aryl methyl sites for hydroxylation is 1. The van der Waals surface area contributed by atoms with E-state index in [1.54, 1.807) is 13.8 Å². The molecule has 2 rings (SSSR count). The molecule has 24 heavy (non-hydrogen) atoms. The van der Waals surface area contributed by atoms with Gasteiger partial charge < -0.3 is 4.74 Å². The lowest BCUT2D eigenvalue weighted by Gasteiger charge is -2.16. The van der Waals surface area contributed by atoms with E-state index < -0.39 is 23.3 Å². The van der Waals surface area contributed by atoms with E-state index in [2.05, 4.69) is 0 Å². The smallest absolute Gasteiger partial charge is 0.416 e. The van der Waals surface area contributed by atoms with Gasteiger partial charge in [0.15, 0.2) is 0 Å². The normalized spacial score (nSPS) is 11.4. The largest absolute Gasteiger partial charge is 0.462 e. The van der Waals surface area contributed by atoms with Crippen LogP contribution in [-0.2, 0) is 10.9 Å². The molecule has 0 unspecified atom stereocenters. The molecule has 128 valence electrons. The number of rotatable bonds is 3. The number of benzene rings is 1. The molecule has 0 spiro atoms. The lowest BCUT2D eigenvalue weighted by Crippen LogP contribution is -2.25. The van der Waals surface area contributed by atoms with Gasteiger partial charge >= 0.3 is 12.1 Å². The average Bonchev–Trinajstić information content (AvgIpc) is 2.46. The Hall–Kier alpha value is -2.57. The summed E-state index contributed by atoms with van der Waals surface area (Å²) in [4.78, 5) is 24.4. The minimum absolute atomic E-state index is 0.0397. The second-order valence-corrected chi connectivity index (χ2v) is 5.23. The van der Waals surface area contributed by atoms with Gasteiger partial charge in [0.1, 0.15) is 0 Å². The van der Waals surface area contributed by atoms with Crippen molar-refractivity contribution in [3.63, 3.8) is 0 Å². The molecule has 4 nitrogen and oxygen atoms in total. The van der Waals surface area contributed by atoms with Crippen LogP contribution in [0.2, 0.25) is 0 Å². The van der Waals surface area contributed by atoms with Crippen molar-refractivity contribution >= 4 is 5.97 Å². The first-order valence-electron chi connectivity index (χ1n) is 7.24. The Morgan fingerprint density at radius 1 is 1.21 bits per heavy atom. The highest BCUT2D eigenvalue weighted by Gasteiger charge is 2.31. The van der Waals surface area contributed by atoms with Crippen LogP contribution in [0.15, 0.2) is 35.1 Å². The van der Waals surface area contributed by atoms with Crippen LogP contribution in [0.5, 0.6) is 0 Å². The number of aromatic nitrogens is 1. The van der Waals surface area contributed by atoms with E-state index in [1.807, 2.05) is 0 Å². The van der Waals surface area contributed by atoms with Crippen molar-refractivity contribution in [2.24, 2.45) is 0 Å². The van der Waals surface area contributed by atoms with Crippen LogP contribution in [0.3, 0.4) is 0 Å². The second kappa shape index (κ2) is 6.51. The van der Waals surface area contributed by atoms with E-state index in [4.69, 9.17) is 4.74 Å². The Morgan fingerprint density at radius 2 is 1.88 bits per heavy atom. The number of hydrogen-bond acceptors (Lipinski definition) is 3. The summed E-state index contributed by atoms with van der Waals surface area (Å²) in [6, 6.07) is 5.60. The molecule has 0 amide bonds. The van der Waals surface area contributed by atoms with Crippen molar-refractivity contribution in [2.45, 2.75) is 26.9 Å². The van der Waals surface area contributed by atoms with E-state index in [0.717, 1.165) is 16.7 Å². The van der Waals surface area contributed by atoms with Crippen LogP contribution >= 0.6 is 0 Å². The number of pyridine rings is 1. The predicted molar refractivity (Wildman–Crippen MR) is 82.5 cm³/mol. The summed E-state index contributed by atoms with van der Waals surface area (Å²) in [5.41, 5.74) is -0.523. The van der Waals surface area contributed by atoms with Crippen LogP contribution in [0.1, 0.15) is 34.1 Å². The first-order chi connectivity index (χ1) is 11.2. The summed E-state index contributed by atoms with van der Waals surface area (Å²) < 4.78 is 44.7. The molecule has 1 aromatic carbocycles. The molecule has 2 aromatic rings. The fourth-order valence-corrected chi connectivity index (χ4v) is 2.54. The van der Waals surface area contributed by atoms with Gasteiger partial charge in [0, 0.05) is 17.4 Å². The van der Waals surface area contributed by atoms with Gasteiger partial charge in [0.05, 0.1) is 17.7 Å². The lowest BCUT2D eigenvalue weighted by atomic mass is 10.1. The molecule has 0 atom stereocenters. The molecule has 7 heteroatoms. The molecule has 0 aliphatic heterocycles. The van der Waals surface area contributed by atoms with Crippen LogP contribution in [0.4, 0.5) is 13.2 Å². The number of nitrogens with zero attached hydrogens (tertiary/aromatic N) is 1. The van der Waals surface area contributed by atoms with Crippen LogP contribution in [-0.4, -0.2) is 17.1 Å². The molecule has 0 fully saturated rings. The minimum atomic E-state index is -4.53. The summed E-state index contributed by atoms with van der Waals surface area (Å²) in [5.74, 6) is -0.617. The maximum absolute atomic E-state index is 12.9. The van der Waals surface area contributed by atoms with E-state index in [0.29, 0.717) is 5.56 Å². The maximum atomic E-state index is 12.9. The van der Waals surface area contributed by atoms with Gasteiger partial charge in [-0.25, -0.2) is 4.79 Å². The summed E-state index contributed by atoms with van der Waals surface area (Å²) in [7, 11) is 0. The van der Waals surface area contributed by atoms with Crippen LogP contribution < -0.4 is 5.56 Å². The first-order valence-corrected chi connectivity index (χ1v) is 7.24. The summed E-state index contributed by atoms with van der Waals surface area (Å²) >= 11 is 0. The van der Waals surface area contributed by atoms with Crippen molar-refractivity contribution in [3.8, 4) is 5.69 Å². The zero-order chi connectivity index (χ0) is 18.1. The van der Waals surface area contributed by atoms with Gasteiger partial charge in [-0.3, -0.25) is 9.36 Å². The molecule has 1 aromatic heterocycles. The average molecular weight is 339 g/mol. The Morgan fingerprint density at radius 3 is 2.46 bits per heavy atom. The molecule has 1 heterocycles. The van der Waals surface area contributed by atoms with Gasteiger partial charge in [-0.15, -0.1) is 0 Å². The zero-order valence-corrected chi connectivity index (χ0v) is 13.4. The Balaban J connectivity index is 2.70. The molecule has 0 bridgehead atoms. The van der Waals surface area contributed by atoms with E-state index >= 15 is 0 Å². The lowest BCUT2D eigenvalue weighted by molar-refractivity contribution is -0.137. The molecular weight excluding hydrogens is 323 g/mol. The van der Waals surface area contributed by atoms with Gasteiger partial charge in [0.25, 0.3) is 5.56 Å². The van der Waals surface area contributed by atoms with Gasteiger partial charge in [-0.2, -0.15) is 13.2 Å². The number of hydrogen-bond donors (Lipinski definition) is 0. The molecule has 0 saturated carbocycles. The number of alkyl halides is 3. The zero-order valence-electron chi connectivity index (χ0n) is 13.4. The monoisotopic (exact) mass is 339 g/mol. The Bertz CT molecular complexity index is 838. The maximum Gasteiger partial charge on any atom is 0.416 e.